The number of ether oxygens (including phenoxy) is 2. The lowest BCUT2D eigenvalue weighted by atomic mass is 9.76. The fraction of sp³-hybridized carbons (Fsp3) is 1.00. The Hall–Kier alpha value is -0.160. The topological polar surface area (TPSA) is 50.7 Å². The highest BCUT2D eigenvalue weighted by Crippen LogP contribution is 2.37. The molecule has 3 aliphatic rings. The Morgan fingerprint density at radius 3 is 2.71 bits per heavy atom. The maximum atomic E-state index is 9.51. The fourth-order valence-corrected chi connectivity index (χ4v) is 3.40. The molecule has 17 heavy (non-hydrogen) atoms. The van der Waals surface area contributed by atoms with E-state index in [4.69, 9.17) is 9.47 Å². The van der Waals surface area contributed by atoms with E-state index < -0.39 is 0 Å². The van der Waals surface area contributed by atoms with Gasteiger partial charge in [0.25, 0.3) is 0 Å². The highest BCUT2D eigenvalue weighted by atomic mass is 16.6. The first-order valence-corrected chi connectivity index (χ1v) is 6.86. The van der Waals surface area contributed by atoms with Gasteiger partial charge in [-0.25, -0.2) is 0 Å². The molecule has 0 aromatic rings. The monoisotopic (exact) mass is 241 g/mol. The zero-order valence-corrected chi connectivity index (χ0v) is 10.4. The van der Waals surface area contributed by atoms with Crippen molar-refractivity contribution >= 4 is 0 Å². The van der Waals surface area contributed by atoms with Crippen LogP contribution in [0.5, 0.6) is 0 Å². The summed E-state index contributed by atoms with van der Waals surface area (Å²) in [6.07, 6.45) is 6.59. The molecule has 2 atom stereocenters. The summed E-state index contributed by atoms with van der Waals surface area (Å²) in [4.78, 5) is 0. The summed E-state index contributed by atoms with van der Waals surface area (Å²) in [7, 11) is 0. The molecule has 3 rings (SSSR count). The number of hydrogen-bond acceptors (Lipinski definition) is 4. The summed E-state index contributed by atoms with van der Waals surface area (Å²) in [6.45, 7) is 2.67. The van der Waals surface area contributed by atoms with Gasteiger partial charge in [0.05, 0.1) is 18.8 Å². The Kier molecular flexibility index (Phi) is 3.15. The van der Waals surface area contributed by atoms with E-state index in [1.54, 1.807) is 0 Å². The molecule has 4 heteroatoms. The lowest BCUT2D eigenvalue weighted by molar-refractivity contribution is -0.0960. The van der Waals surface area contributed by atoms with Gasteiger partial charge in [0.1, 0.15) is 0 Å². The van der Waals surface area contributed by atoms with Crippen LogP contribution in [0, 0.1) is 0 Å². The van der Waals surface area contributed by atoms with Gasteiger partial charge in [-0.05, 0) is 32.1 Å². The van der Waals surface area contributed by atoms with Crippen molar-refractivity contribution in [3.05, 3.63) is 0 Å². The summed E-state index contributed by atoms with van der Waals surface area (Å²) >= 11 is 0. The van der Waals surface area contributed by atoms with Crippen LogP contribution < -0.4 is 5.32 Å². The zero-order valence-electron chi connectivity index (χ0n) is 10.4. The van der Waals surface area contributed by atoms with Crippen LogP contribution in [0.4, 0.5) is 0 Å². The van der Waals surface area contributed by atoms with Crippen molar-refractivity contribution in [3.8, 4) is 0 Å². The molecule has 0 amide bonds. The number of aliphatic hydroxyl groups excluding tert-OH is 1. The predicted molar refractivity (Wildman–Crippen MR) is 63.9 cm³/mol. The van der Waals surface area contributed by atoms with Gasteiger partial charge in [0.15, 0.2) is 0 Å². The Bertz CT molecular complexity index is 264. The quantitative estimate of drug-likeness (QED) is 0.768. The zero-order chi connectivity index (χ0) is 11.8. The molecular weight excluding hydrogens is 218 g/mol. The molecule has 3 fully saturated rings. The molecule has 1 saturated carbocycles. The van der Waals surface area contributed by atoms with Crippen LogP contribution in [0.3, 0.4) is 0 Å². The molecule has 1 spiro atoms. The van der Waals surface area contributed by atoms with Crippen LogP contribution in [0.2, 0.25) is 0 Å². The van der Waals surface area contributed by atoms with Crippen molar-refractivity contribution in [3.63, 3.8) is 0 Å². The SMILES string of the molecule is OCC1(NC2CCOC3(CCOC3)C2)CCC1. The Morgan fingerprint density at radius 2 is 2.12 bits per heavy atom. The predicted octanol–water partition coefficient (Wildman–Crippen LogP) is 0.829. The van der Waals surface area contributed by atoms with Gasteiger partial charge in [0, 0.05) is 31.2 Å². The first-order valence-electron chi connectivity index (χ1n) is 6.86. The van der Waals surface area contributed by atoms with E-state index in [2.05, 4.69) is 5.32 Å². The van der Waals surface area contributed by atoms with Crippen LogP contribution in [-0.2, 0) is 9.47 Å². The minimum Gasteiger partial charge on any atom is -0.394 e. The van der Waals surface area contributed by atoms with Crippen LogP contribution in [0.15, 0.2) is 0 Å². The van der Waals surface area contributed by atoms with Crippen LogP contribution in [0.1, 0.15) is 38.5 Å². The minimum absolute atomic E-state index is 0.0165. The average molecular weight is 241 g/mol. The molecule has 1 aliphatic carbocycles. The molecule has 2 N–H and O–H groups in total. The molecule has 2 unspecified atom stereocenters. The Balaban J connectivity index is 1.60. The molecule has 98 valence electrons. The van der Waals surface area contributed by atoms with E-state index in [0.717, 1.165) is 51.9 Å². The third-order valence-electron chi connectivity index (χ3n) is 4.68. The third kappa shape index (κ3) is 2.24. The maximum Gasteiger partial charge on any atom is 0.0951 e. The summed E-state index contributed by atoms with van der Waals surface area (Å²) in [5.41, 5.74) is -0.0149. The largest absolute Gasteiger partial charge is 0.394 e. The number of aliphatic hydroxyl groups is 1. The molecular formula is C13H23NO3. The van der Waals surface area contributed by atoms with Crippen molar-refractivity contribution in [1.82, 2.24) is 5.32 Å². The van der Waals surface area contributed by atoms with Gasteiger partial charge >= 0.3 is 0 Å². The molecule has 2 heterocycles. The smallest absolute Gasteiger partial charge is 0.0951 e. The normalized spacial score (nSPS) is 40.4. The van der Waals surface area contributed by atoms with Crippen molar-refractivity contribution in [1.29, 1.82) is 0 Å². The van der Waals surface area contributed by atoms with E-state index >= 15 is 0 Å². The van der Waals surface area contributed by atoms with E-state index in [-0.39, 0.29) is 17.7 Å². The number of nitrogens with one attached hydrogen (secondary N) is 1. The van der Waals surface area contributed by atoms with Gasteiger partial charge in [-0.15, -0.1) is 0 Å². The van der Waals surface area contributed by atoms with Gasteiger partial charge in [-0.3, -0.25) is 0 Å². The first-order chi connectivity index (χ1) is 8.26. The average Bonchev–Trinajstić information content (AvgIpc) is 2.72. The molecule has 0 bridgehead atoms. The molecule has 2 aliphatic heterocycles. The van der Waals surface area contributed by atoms with Gasteiger partial charge < -0.3 is 19.9 Å². The lowest BCUT2D eigenvalue weighted by Crippen LogP contribution is -2.60. The van der Waals surface area contributed by atoms with Crippen LogP contribution >= 0.6 is 0 Å². The molecule has 0 aromatic carbocycles. The second kappa shape index (κ2) is 4.50. The van der Waals surface area contributed by atoms with Gasteiger partial charge in [-0.2, -0.15) is 0 Å². The van der Waals surface area contributed by atoms with E-state index in [1.807, 2.05) is 0 Å². The highest BCUT2D eigenvalue weighted by molar-refractivity contribution is 5.01. The fourth-order valence-electron chi connectivity index (χ4n) is 3.40. The van der Waals surface area contributed by atoms with E-state index in [1.165, 1.54) is 6.42 Å². The second-order valence-corrected chi connectivity index (χ2v) is 5.96. The standard InChI is InChI=1S/C13H23NO3/c15-9-12(3-1-4-12)14-11-2-6-17-13(8-11)5-7-16-10-13/h11,14-15H,1-10H2. The summed E-state index contributed by atoms with van der Waals surface area (Å²) in [5, 5.41) is 13.2. The second-order valence-electron chi connectivity index (χ2n) is 5.96. The summed E-state index contributed by atoms with van der Waals surface area (Å²) < 4.78 is 11.4. The van der Waals surface area contributed by atoms with Gasteiger partial charge in [0.2, 0.25) is 0 Å². The summed E-state index contributed by atoms with van der Waals surface area (Å²) in [5.74, 6) is 0. The van der Waals surface area contributed by atoms with Crippen LogP contribution in [-0.4, -0.2) is 48.7 Å². The highest BCUT2D eigenvalue weighted by Gasteiger charge is 2.44. The molecule has 0 radical (unpaired) electrons. The Labute approximate surface area is 103 Å². The lowest BCUT2D eigenvalue weighted by Gasteiger charge is -2.47. The summed E-state index contributed by atoms with van der Waals surface area (Å²) in [6, 6.07) is 0.484. The van der Waals surface area contributed by atoms with E-state index in [9.17, 15) is 5.11 Å². The van der Waals surface area contributed by atoms with E-state index in [0.29, 0.717) is 6.04 Å². The van der Waals surface area contributed by atoms with Crippen molar-refractivity contribution in [2.45, 2.75) is 55.7 Å². The van der Waals surface area contributed by atoms with Crippen LogP contribution in [0.25, 0.3) is 0 Å². The third-order valence-corrected chi connectivity index (χ3v) is 4.68. The van der Waals surface area contributed by atoms with Gasteiger partial charge in [-0.1, -0.05) is 0 Å². The van der Waals surface area contributed by atoms with Crippen molar-refractivity contribution in [2.75, 3.05) is 26.4 Å². The van der Waals surface area contributed by atoms with Crippen molar-refractivity contribution < 1.29 is 14.6 Å². The minimum atomic E-state index is -0.0314. The van der Waals surface area contributed by atoms with Crippen molar-refractivity contribution in [2.24, 2.45) is 0 Å². The molecule has 2 saturated heterocycles. The molecule has 0 aromatic heterocycles. The first kappa shape index (κ1) is 11.9. The number of rotatable bonds is 3. The Morgan fingerprint density at radius 1 is 1.24 bits per heavy atom. The molecule has 4 nitrogen and oxygen atoms in total. The number of hydrogen-bond donors (Lipinski definition) is 2. The maximum absolute atomic E-state index is 9.51.